The van der Waals surface area contributed by atoms with Gasteiger partial charge in [0.15, 0.2) is 6.61 Å². The predicted octanol–water partition coefficient (Wildman–Crippen LogP) is 2.64. The smallest absolute Gasteiger partial charge is 0.349 e. The number of carbonyl (C=O) groups excluding carboxylic acids is 2. The summed E-state index contributed by atoms with van der Waals surface area (Å²) in [7, 11) is 0. The molecule has 0 saturated carbocycles. The van der Waals surface area contributed by atoms with Crippen LogP contribution in [0.15, 0.2) is 62.2 Å². The largest absolute Gasteiger partial charge is 0.482 e. The van der Waals surface area contributed by atoms with E-state index < -0.39 is 17.5 Å². The van der Waals surface area contributed by atoms with Crippen molar-refractivity contribution in [3.05, 3.63) is 69.0 Å². The van der Waals surface area contributed by atoms with Gasteiger partial charge in [-0.2, -0.15) is 0 Å². The average Bonchev–Trinajstić information content (AvgIpc) is 2.60. The molecule has 0 aliphatic carbocycles. The van der Waals surface area contributed by atoms with E-state index in [1.54, 1.807) is 30.3 Å². The summed E-state index contributed by atoms with van der Waals surface area (Å²) in [4.78, 5) is 34.7. The fourth-order valence-electron chi connectivity index (χ4n) is 2.16. The van der Waals surface area contributed by atoms with Crippen molar-refractivity contribution in [2.75, 3.05) is 6.61 Å². The number of halogens is 1. The van der Waals surface area contributed by atoms with Gasteiger partial charge in [-0.05, 0) is 42.5 Å². The molecule has 0 spiro atoms. The minimum atomic E-state index is -0.874. The third kappa shape index (κ3) is 4.09. The zero-order valence-electron chi connectivity index (χ0n) is 13.2. The molecule has 2 N–H and O–H groups in total. The standard InChI is InChI=1S/C18H12BrNO6/c19-11-2-5-12(6-3-11)24-9-16(21)25-13-4-1-10-7-14(17(20)22)18(23)26-15(10)8-13/h1-8H,9H2,(H2,20,22). The first-order chi connectivity index (χ1) is 12.4. The van der Waals surface area contributed by atoms with E-state index in [1.165, 1.54) is 18.2 Å². The molecule has 0 atom stereocenters. The minimum absolute atomic E-state index is 0.166. The molecule has 0 radical (unpaired) electrons. The number of carbonyl (C=O) groups is 2. The Kier molecular flexibility index (Phi) is 5.04. The fraction of sp³-hybridized carbons (Fsp3) is 0.0556. The van der Waals surface area contributed by atoms with Crippen molar-refractivity contribution >= 4 is 38.8 Å². The second kappa shape index (κ2) is 7.40. The van der Waals surface area contributed by atoms with Crippen molar-refractivity contribution < 1.29 is 23.5 Å². The Hall–Kier alpha value is -3.13. The van der Waals surface area contributed by atoms with E-state index in [9.17, 15) is 14.4 Å². The molecular formula is C18H12BrNO6. The number of esters is 1. The number of fused-ring (bicyclic) bond motifs is 1. The van der Waals surface area contributed by atoms with Gasteiger partial charge in [-0.15, -0.1) is 0 Å². The molecule has 7 nitrogen and oxygen atoms in total. The zero-order chi connectivity index (χ0) is 18.7. The van der Waals surface area contributed by atoms with E-state index in [0.29, 0.717) is 11.1 Å². The van der Waals surface area contributed by atoms with E-state index in [4.69, 9.17) is 19.6 Å². The molecule has 0 bridgehead atoms. The highest BCUT2D eigenvalue weighted by Crippen LogP contribution is 2.21. The lowest BCUT2D eigenvalue weighted by Crippen LogP contribution is -2.20. The molecule has 0 aliphatic rings. The molecule has 0 saturated heterocycles. The van der Waals surface area contributed by atoms with Crippen LogP contribution < -0.4 is 20.8 Å². The summed E-state index contributed by atoms with van der Waals surface area (Å²) >= 11 is 3.30. The highest BCUT2D eigenvalue weighted by Gasteiger charge is 2.12. The Bertz CT molecular complexity index is 1040. The molecule has 1 heterocycles. The summed E-state index contributed by atoms with van der Waals surface area (Å²) in [6.07, 6.45) is 0. The number of hydrogen-bond acceptors (Lipinski definition) is 6. The van der Waals surface area contributed by atoms with Crippen LogP contribution in [-0.4, -0.2) is 18.5 Å². The molecule has 8 heteroatoms. The number of rotatable bonds is 5. The van der Waals surface area contributed by atoms with Gasteiger partial charge in [0, 0.05) is 15.9 Å². The summed E-state index contributed by atoms with van der Waals surface area (Å²) in [6, 6.07) is 12.7. The second-order valence-electron chi connectivity index (χ2n) is 5.23. The van der Waals surface area contributed by atoms with E-state index in [-0.39, 0.29) is 23.5 Å². The second-order valence-corrected chi connectivity index (χ2v) is 6.14. The van der Waals surface area contributed by atoms with Crippen LogP contribution in [0.3, 0.4) is 0 Å². The number of primary amides is 1. The Morgan fingerprint density at radius 2 is 1.73 bits per heavy atom. The van der Waals surface area contributed by atoms with Crippen molar-refractivity contribution in [1.29, 1.82) is 0 Å². The van der Waals surface area contributed by atoms with E-state index in [1.807, 2.05) is 0 Å². The predicted molar refractivity (Wildman–Crippen MR) is 96.3 cm³/mol. The van der Waals surface area contributed by atoms with Gasteiger partial charge in [0.2, 0.25) is 0 Å². The first-order valence-corrected chi connectivity index (χ1v) is 8.18. The van der Waals surface area contributed by atoms with Crippen LogP contribution in [0.1, 0.15) is 10.4 Å². The molecule has 1 amide bonds. The molecule has 1 aromatic heterocycles. The Balaban J connectivity index is 1.71. The highest BCUT2D eigenvalue weighted by molar-refractivity contribution is 9.10. The quantitative estimate of drug-likeness (QED) is 0.388. The summed E-state index contributed by atoms with van der Waals surface area (Å²) in [5.74, 6) is -0.796. The maximum atomic E-state index is 11.9. The first kappa shape index (κ1) is 17.7. The number of amides is 1. The number of ether oxygens (including phenoxy) is 2. The van der Waals surface area contributed by atoms with Crippen molar-refractivity contribution in [3.63, 3.8) is 0 Å². The van der Waals surface area contributed by atoms with Crippen LogP contribution in [0.25, 0.3) is 11.0 Å². The Labute approximate surface area is 155 Å². The van der Waals surface area contributed by atoms with Crippen LogP contribution in [0, 0.1) is 0 Å². The van der Waals surface area contributed by atoms with E-state index in [2.05, 4.69) is 15.9 Å². The van der Waals surface area contributed by atoms with Crippen LogP contribution in [0.2, 0.25) is 0 Å². The van der Waals surface area contributed by atoms with Gasteiger partial charge in [-0.25, -0.2) is 9.59 Å². The maximum Gasteiger partial charge on any atom is 0.349 e. The average molecular weight is 418 g/mol. The lowest BCUT2D eigenvalue weighted by atomic mass is 10.2. The minimum Gasteiger partial charge on any atom is -0.482 e. The number of hydrogen-bond donors (Lipinski definition) is 1. The van der Waals surface area contributed by atoms with Crippen LogP contribution in [0.5, 0.6) is 11.5 Å². The molecular weight excluding hydrogens is 406 g/mol. The number of benzene rings is 2. The van der Waals surface area contributed by atoms with Gasteiger partial charge in [-0.1, -0.05) is 15.9 Å². The third-order valence-electron chi connectivity index (χ3n) is 3.37. The molecule has 2 aromatic carbocycles. The van der Waals surface area contributed by atoms with Gasteiger partial charge in [0.25, 0.3) is 5.91 Å². The molecule has 0 fully saturated rings. The van der Waals surface area contributed by atoms with Crippen molar-refractivity contribution in [2.24, 2.45) is 5.73 Å². The third-order valence-corrected chi connectivity index (χ3v) is 3.90. The molecule has 3 rings (SSSR count). The van der Waals surface area contributed by atoms with Crippen molar-refractivity contribution in [1.82, 2.24) is 0 Å². The number of nitrogens with two attached hydrogens (primary N) is 1. The lowest BCUT2D eigenvalue weighted by Gasteiger charge is -2.07. The van der Waals surface area contributed by atoms with Gasteiger partial charge >= 0.3 is 11.6 Å². The van der Waals surface area contributed by atoms with Crippen LogP contribution in [-0.2, 0) is 4.79 Å². The van der Waals surface area contributed by atoms with Gasteiger partial charge in [-0.3, -0.25) is 4.79 Å². The van der Waals surface area contributed by atoms with E-state index >= 15 is 0 Å². The molecule has 132 valence electrons. The summed E-state index contributed by atoms with van der Waals surface area (Å²) < 4.78 is 16.4. The van der Waals surface area contributed by atoms with Crippen molar-refractivity contribution in [2.45, 2.75) is 0 Å². The SMILES string of the molecule is NC(=O)c1cc2ccc(OC(=O)COc3ccc(Br)cc3)cc2oc1=O. The fourth-order valence-corrected chi connectivity index (χ4v) is 2.43. The van der Waals surface area contributed by atoms with Gasteiger partial charge < -0.3 is 19.6 Å². The monoisotopic (exact) mass is 417 g/mol. The zero-order valence-corrected chi connectivity index (χ0v) is 14.8. The molecule has 0 unspecified atom stereocenters. The molecule has 26 heavy (non-hydrogen) atoms. The summed E-state index contributed by atoms with van der Waals surface area (Å²) in [5.41, 5.74) is 4.17. The van der Waals surface area contributed by atoms with Crippen LogP contribution in [0.4, 0.5) is 0 Å². The molecule has 3 aromatic rings. The Morgan fingerprint density at radius 1 is 1.04 bits per heavy atom. The normalized spacial score (nSPS) is 10.5. The lowest BCUT2D eigenvalue weighted by molar-refractivity contribution is -0.136. The Morgan fingerprint density at radius 3 is 2.42 bits per heavy atom. The van der Waals surface area contributed by atoms with Crippen molar-refractivity contribution in [3.8, 4) is 11.5 Å². The highest BCUT2D eigenvalue weighted by atomic mass is 79.9. The molecule has 0 aliphatic heterocycles. The van der Waals surface area contributed by atoms with Gasteiger partial charge in [0.05, 0.1) is 0 Å². The summed E-state index contributed by atoms with van der Waals surface area (Å²) in [6.45, 7) is -0.287. The summed E-state index contributed by atoms with van der Waals surface area (Å²) in [5, 5.41) is 0.476. The topological polar surface area (TPSA) is 109 Å². The van der Waals surface area contributed by atoms with Gasteiger partial charge in [0.1, 0.15) is 22.6 Å². The van der Waals surface area contributed by atoms with Crippen LogP contribution >= 0.6 is 15.9 Å². The first-order valence-electron chi connectivity index (χ1n) is 7.39. The van der Waals surface area contributed by atoms with E-state index in [0.717, 1.165) is 4.47 Å². The maximum absolute atomic E-state index is 11.9.